The minimum atomic E-state index is -3.23. The van der Waals surface area contributed by atoms with Crippen LogP contribution in [-0.2, 0) is 14.8 Å². The topological polar surface area (TPSA) is 114 Å². The van der Waals surface area contributed by atoms with Crippen molar-refractivity contribution in [2.24, 2.45) is 5.92 Å². The number of anilines is 2. The second-order valence-electron chi connectivity index (χ2n) is 7.53. The van der Waals surface area contributed by atoms with Gasteiger partial charge in [-0.1, -0.05) is 6.07 Å². The van der Waals surface area contributed by atoms with Crippen molar-refractivity contribution in [3.05, 3.63) is 48.0 Å². The molecule has 0 aliphatic carbocycles. The molecule has 2 aliphatic heterocycles. The Kier molecular flexibility index (Phi) is 5.84. The summed E-state index contributed by atoms with van der Waals surface area (Å²) in [5, 5.41) is 5.66. The molecule has 4 rings (SSSR count). The van der Waals surface area contributed by atoms with Crippen molar-refractivity contribution in [3.63, 3.8) is 0 Å². The lowest BCUT2D eigenvalue weighted by molar-refractivity contribution is -0.120. The van der Waals surface area contributed by atoms with E-state index in [1.54, 1.807) is 42.5 Å². The molecule has 2 heterocycles. The molecule has 164 valence electrons. The molecule has 1 fully saturated rings. The van der Waals surface area contributed by atoms with Gasteiger partial charge in [0, 0.05) is 35.9 Å². The Bertz CT molecular complexity index is 1110. The van der Waals surface area contributed by atoms with E-state index in [1.165, 1.54) is 10.6 Å². The van der Waals surface area contributed by atoms with Gasteiger partial charge in [-0.05, 0) is 49.2 Å². The van der Waals surface area contributed by atoms with Gasteiger partial charge in [-0.25, -0.2) is 12.7 Å². The van der Waals surface area contributed by atoms with Crippen molar-refractivity contribution in [3.8, 4) is 11.5 Å². The van der Waals surface area contributed by atoms with Crippen LogP contribution in [0.5, 0.6) is 11.5 Å². The Morgan fingerprint density at radius 2 is 1.65 bits per heavy atom. The quantitative estimate of drug-likeness (QED) is 0.730. The van der Waals surface area contributed by atoms with E-state index >= 15 is 0 Å². The Balaban J connectivity index is 1.36. The van der Waals surface area contributed by atoms with Gasteiger partial charge in [-0.15, -0.1) is 0 Å². The first-order chi connectivity index (χ1) is 14.8. The Labute approximate surface area is 180 Å². The number of nitrogens with one attached hydrogen (secondary N) is 2. The number of hydrogen-bond acceptors (Lipinski definition) is 6. The molecule has 2 aromatic carbocycles. The second kappa shape index (κ2) is 8.56. The summed E-state index contributed by atoms with van der Waals surface area (Å²) in [6, 6.07) is 11.8. The zero-order chi connectivity index (χ0) is 22.0. The highest BCUT2D eigenvalue weighted by Crippen LogP contribution is 2.32. The van der Waals surface area contributed by atoms with Crippen molar-refractivity contribution in [2.75, 3.05) is 36.8 Å². The van der Waals surface area contributed by atoms with Gasteiger partial charge >= 0.3 is 0 Å². The molecular weight excluding hydrogens is 422 g/mol. The molecule has 0 unspecified atom stereocenters. The molecule has 0 aromatic heterocycles. The van der Waals surface area contributed by atoms with Crippen molar-refractivity contribution in [1.82, 2.24) is 4.31 Å². The number of carbonyl (C=O) groups is 2. The SMILES string of the molecule is CS(=O)(=O)N1CCC(C(=O)Nc2cccc(NC(=O)c3ccc4c(c3)OCO4)c2)CC1. The van der Waals surface area contributed by atoms with Crippen molar-refractivity contribution in [1.29, 1.82) is 0 Å². The van der Waals surface area contributed by atoms with Gasteiger partial charge in [0.15, 0.2) is 11.5 Å². The molecule has 2 aromatic rings. The van der Waals surface area contributed by atoms with Crippen LogP contribution in [0.1, 0.15) is 23.2 Å². The molecule has 0 spiro atoms. The standard InChI is InChI=1S/C21H23N3O6S/c1-31(27,28)24-9-7-14(8-10-24)20(25)22-16-3-2-4-17(12-16)23-21(26)15-5-6-18-19(11-15)30-13-29-18/h2-6,11-12,14H,7-10,13H2,1H3,(H,22,25)(H,23,26). The summed E-state index contributed by atoms with van der Waals surface area (Å²) in [4.78, 5) is 25.2. The fourth-order valence-corrected chi connectivity index (χ4v) is 4.48. The van der Waals surface area contributed by atoms with Crippen LogP contribution in [-0.4, -0.2) is 50.7 Å². The van der Waals surface area contributed by atoms with Gasteiger partial charge in [-0.2, -0.15) is 0 Å². The van der Waals surface area contributed by atoms with Gasteiger partial charge in [0.2, 0.25) is 22.7 Å². The van der Waals surface area contributed by atoms with Crippen molar-refractivity contribution < 1.29 is 27.5 Å². The molecular formula is C21H23N3O6S. The zero-order valence-electron chi connectivity index (χ0n) is 17.0. The third kappa shape index (κ3) is 4.97. The minimum absolute atomic E-state index is 0.134. The predicted molar refractivity (Wildman–Crippen MR) is 115 cm³/mol. The number of piperidine rings is 1. The van der Waals surface area contributed by atoms with Gasteiger partial charge in [-0.3, -0.25) is 9.59 Å². The first kappa shape index (κ1) is 21.1. The Morgan fingerprint density at radius 3 is 2.35 bits per heavy atom. The van der Waals surface area contributed by atoms with Crippen LogP contribution in [0.25, 0.3) is 0 Å². The van der Waals surface area contributed by atoms with Crippen molar-refractivity contribution in [2.45, 2.75) is 12.8 Å². The van der Waals surface area contributed by atoms with Gasteiger partial charge in [0.1, 0.15) is 0 Å². The summed E-state index contributed by atoms with van der Waals surface area (Å²) in [5.41, 5.74) is 1.52. The number of rotatable bonds is 5. The summed E-state index contributed by atoms with van der Waals surface area (Å²) in [5.74, 6) is 0.395. The number of fused-ring (bicyclic) bond motifs is 1. The average Bonchev–Trinajstić information content (AvgIpc) is 3.21. The molecule has 2 aliphatic rings. The van der Waals surface area contributed by atoms with Crippen molar-refractivity contribution >= 4 is 33.2 Å². The van der Waals surface area contributed by atoms with Crippen LogP contribution >= 0.6 is 0 Å². The maximum absolute atomic E-state index is 12.6. The lowest BCUT2D eigenvalue weighted by atomic mass is 9.97. The molecule has 0 bridgehead atoms. The lowest BCUT2D eigenvalue weighted by Crippen LogP contribution is -2.40. The zero-order valence-corrected chi connectivity index (χ0v) is 17.8. The summed E-state index contributed by atoms with van der Waals surface area (Å²) in [7, 11) is -3.23. The van der Waals surface area contributed by atoms with Gasteiger partial charge in [0.05, 0.1) is 6.26 Å². The third-order valence-electron chi connectivity index (χ3n) is 5.32. The van der Waals surface area contributed by atoms with E-state index in [1.807, 2.05) is 0 Å². The van der Waals surface area contributed by atoms with E-state index in [2.05, 4.69) is 10.6 Å². The molecule has 9 nitrogen and oxygen atoms in total. The monoisotopic (exact) mass is 445 g/mol. The fourth-order valence-electron chi connectivity index (χ4n) is 3.61. The highest BCUT2D eigenvalue weighted by Gasteiger charge is 2.29. The number of hydrogen-bond donors (Lipinski definition) is 2. The normalized spacial score (nSPS) is 16.7. The molecule has 0 saturated carbocycles. The average molecular weight is 445 g/mol. The highest BCUT2D eigenvalue weighted by atomic mass is 32.2. The molecule has 0 radical (unpaired) electrons. The maximum atomic E-state index is 12.6. The summed E-state index contributed by atoms with van der Waals surface area (Å²) < 4.78 is 35.2. The van der Waals surface area contributed by atoms with Crippen LogP contribution in [0.3, 0.4) is 0 Å². The van der Waals surface area contributed by atoms with E-state index in [-0.39, 0.29) is 24.5 Å². The van der Waals surface area contributed by atoms with Crippen LogP contribution in [0.2, 0.25) is 0 Å². The van der Waals surface area contributed by atoms with Crippen LogP contribution in [0, 0.1) is 5.92 Å². The molecule has 31 heavy (non-hydrogen) atoms. The fraction of sp³-hybridized carbons (Fsp3) is 0.333. The molecule has 2 amide bonds. The molecule has 2 N–H and O–H groups in total. The minimum Gasteiger partial charge on any atom is -0.454 e. The molecule has 10 heteroatoms. The second-order valence-corrected chi connectivity index (χ2v) is 9.51. The summed E-state index contributed by atoms with van der Waals surface area (Å²) in [6.07, 6.45) is 2.12. The number of nitrogens with zero attached hydrogens (tertiary/aromatic N) is 1. The van der Waals surface area contributed by atoms with Crippen LogP contribution < -0.4 is 20.1 Å². The predicted octanol–water partition coefficient (Wildman–Crippen LogP) is 2.28. The van der Waals surface area contributed by atoms with Gasteiger partial charge in [0.25, 0.3) is 5.91 Å². The van der Waals surface area contributed by atoms with E-state index in [9.17, 15) is 18.0 Å². The van der Waals surface area contributed by atoms with E-state index in [4.69, 9.17) is 9.47 Å². The first-order valence-corrected chi connectivity index (χ1v) is 11.7. The lowest BCUT2D eigenvalue weighted by Gasteiger charge is -2.29. The number of carbonyl (C=O) groups excluding carboxylic acids is 2. The Morgan fingerprint density at radius 1 is 0.968 bits per heavy atom. The highest BCUT2D eigenvalue weighted by molar-refractivity contribution is 7.88. The Hall–Kier alpha value is -3.11. The molecule has 1 saturated heterocycles. The van der Waals surface area contributed by atoms with E-state index < -0.39 is 10.0 Å². The number of benzene rings is 2. The number of amides is 2. The van der Waals surface area contributed by atoms with Crippen LogP contribution in [0.4, 0.5) is 11.4 Å². The number of sulfonamides is 1. The maximum Gasteiger partial charge on any atom is 0.255 e. The van der Waals surface area contributed by atoms with E-state index in [0.717, 1.165) is 0 Å². The molecule has 0 atom stereocenters. The van der Waals surface area contributed by atoms with E-state index in [0.29, 0.717) is 54.4 Å². The number of ether oxygens (including phenoxy) is 2. The smallest absolute Gasteiger partial charge is 0.255 e. The first-order valence-electron chi connectivity index (χ1n) is 9.87. The van der Waals surface area contributed by atoms with Crippen LogP contribution in [0.15, 0.2) is 42.5 Å². The summed E-state index contributed by atoms with van der Waals surface area (Å²) >= 11 is 0. The van der Waals surface area contributed by atoms with Gasteiger partial charge < -0.3 is 20.1 Å². The largest absolute Gasteiger partial charge is 0.454 e. The third-order valence-corrected chi connectivity index (χ3v) is 6.62. The summed E-state index contributed by atoms with van der Waals surface area (Å²) in [6.45, 7) is 0.806.